The molecule has 1 aromatic rings. The number of aryl methyl sites for hydroxylation is 1. The molecule has 0 bridgehead atoms. The van der Waals surface area contributed by atoms with Crippen LogP contribution in [-0.2, 0) is 4.79 Å². The Morgan fingerprint density at radius 3 is 2.17 bits per heavy atom. The Morgan fingerprint density at radius 1 is 1.25 bits per heavy atom. The molecule has 0 saturated carbocycles. The Labute approximate surface area is 94.2 Å². The first kappa shape index (κ1) is 11.7. The third-order valence-electron chi connectivity index (χ3n) is 1.28. The predicted molar refractivity (Wildman–Crippen MR) is 48.2 cm³/mol. The van der Waals surface area contributed by atoms with Crippen LogP contribution in [-0.4, -0.2) is 35.5 Å². The van der Waals surface area contributed by atoms with Crippen LogP contribution >= 0.6 is 0 Å². The molecule has 12 heavy (non-hydrogen) atoms. The van der Waals surface area contributed by atoms with Crippen LogP contribution < -0.4 is 4.74 Å². The summed E-state index contributed by atoms with van der Waals surface area (Å²) in [4.78, 5) is 10.5. The van der Waals surface area contributed by atoms with E-state index in [1.54, 1.807) is 12.1 Å². The number of benzene rings is 1. The Kier molecular flexibility index (Phi) is 5.22. The zero-order valence-electron chi connectivity index (χ0n) is 7.63. The fourth-order valence-corrected chi connectivity index (χ4v) is 0.772. The van der Waals surface area contributed by atoms with Gasteiger partial charge in [-0.3, -0.25) is 4.79 Å². The molecule has 1 radical (unpaired) electrons. The van der Waals surface area contributed by atoms with Crippen molar-refractivity contribution in [2.24, 2.45) is 0 Å². The molecule has 1 aromatic carbocycles. The Bertz CT molecular complexity index is 254. The van der Waals surface area contributed by atoms with Crippen LogP contribution in [0.15, 0.2) is 24.3 Å². The molecular weight excluding hydrogens is 163 g/mol. The molecule has 2 nitrogen and oxygen atoms in total. The van der Waals surface area contributed by atoms with Crippen LogP contribution in [0.3, 0.4) is 0 Å². The summed E-state index contributed by atoms with van der Waals surface area (Å²) >= 11 is 0. The van der Waals surface area contributed by atoms with Crippen molar-refractivity contribution in [2.45, 2.75) is 13.8 Å². The Hall–Kier alpha value is -0.310. The van der Waals surface area contributed by atoms with E-state index in [4.69, 9.17) is 4.74 Å². The van der Waals surface area contributed by atoms with Crippen molar-refractivity contribution in [3.8, 4) is 5.75 Å². The summed E-state index contributed by atoms with van der Waals surface area (Å²) < 4.78 is 4.83. The van der Waals surface area contributed by atoms with Crippen molar-refractivity contribution in [3.63, 3.8) is 0 Å². The van der Waals surface area contributed by atoms with Gasteiger partial charge in [-0.2, -0.15) is 0 Å². The monoisotopic (exact) mass is 173 g/mol. The molecule has 0 atom stereocenters. The standard InChI is InChI=1S/C9H10O2.Na/c1-7-3-5-9(6-4-7)11-8(2)10;/h3-6H,1-2H3;. The Morgan fingerprint density at radius 2 is 1.75 bits per heavy atom. The molecule has 0 amide bonds. The topological polar surface area (TPSA) is 26.3 Å². The van der Waals surface area contributed by atoms with Gasteiger partial charge < -0.3 is 4.74 Å². The number of carbonyl (C=O) groups is 1. The molecule has 0 aromatic heterocycles. The van der Waals surface area contributed by atoms with E-state index in [0.717, 1.165) is 5.56 Å². The van der Waals surface area contributed by atoms with E-state index >= 15 is 0 Å². The summed E-state index contributed by atoms with van der Waals surface area (Å²) in [5.41, 5.74) is 1.15. The summed E-state index contributed by atoms with van der Waals surface area (Å²) in [6.07, 6.45) is 0. The molecule has 59 valence electrons. The minimum Gasteiger partial charge on any atom is -0.427 e. The van der Waals surface area contributed by atoms with Crippen LogP contribution in [0.4, 0.5) is 0 Å². The second-order valence-corrected chi connectivity index (χ2v) is 2.41. The average Bonchev–Trinajstić information content (AvgIpc) is 1.93. The SMILES string of the molecule is CC(=O)Oc1ccc(C)cc1.[Na]. The summed E-state index contributed by atoms with van der Waals surface area (Å²) in [6, 6.07) is 7.35. The zero-order chi connectivity index (χ0) is 8.27. The van der Waals surface area contributed by atoms with Gasteiger partial charge in [0.1, 0.15) is 5.75 Å². The number of hydrogen-bond donors (Lipinski definition) is 0. The number of carbonyl (C=O) groups excluding carboxylic acids is 1. The first-order valence-corrected chi connectivity index (χ1v) is 3.43. The maximum atomic E-state index is 10.5. The maximum Gasteiger partial charge on any atom is 0.308 e. The smallest absolute Gasteiger partial charge is 0.308 e. The molecule has 3 heteroatoms. The fourth-order valence-electron chi connectivity index (χ4n) is 0.772. The predicted octanol–water partition coefficient (Wildman–Crippen LogP) is 1.54. The van der Waals surface area contributed by atoms with E-state index in [0.29, 0.717) is 5.75 Å². The summed E-state index contributed by atoms with van der Waals surface area (Å²) in [5, 5.41) is 0. The van der Waals surface area contributed by atoms with Crippen molar-refractivity contribution >= 4 is 35.5 Å². The zero-order valence-corrected chi connectivity index (χ0v) is 9.63. The van der Waals surface area contributed by atoms with Gasteiger partial charge in [0.05, 0.1) is 0 Å². The van der Waals surface area contributed by atoms with E-state index in [-0.39, 0.29) is 35.5 Å². The summed E-state index contributed by atoms with van der Waals surface area (Å²) in [5.74, 6) is 0.317. The van der Waals surface area contributed by atoms with Gasteiger partial charge >= 0.3 is 5.97 Å². The van der Waals surface area contributed by atoms with Crippen LogP contribution in [0.5, 0.6) is 5.75 Å². The molecule has 0 saturated heterocycles. The molecule has 0 unspecified atom stereocenters. The van der Waals surface area contributed by atoms with Crippen molar-refractivity contribution in [1.82, 2.24) is 0 Å². The largest absolute Gasteiger partial charge is 0.427 e. The number of rotatable bonds is 1. The van der Waals surface area contributed by atoms with E-state index in [1.807, 2.05) is 19.1 Å². The quantitative estimate of drug-likeness (QED) is 0.366. The van der Waals surface area contributed by atoms with Crippen molar-refractivity contribution in [3.05, 3.63) is 29.8 Å². The third-order valence-corrected chi connectivity index (χ3v) is 1.28. The number of hydrogen-bond acceptors (Lipinski definition) is 2. The molecule has 0 aliphatic heterocycles. The fraction of sp³-hybridized carbons (Fsp3) is 0.222. The molecule has 1 rings (SSSR count). The van der Waals surface area contributed by atoms with Crippen LogP contribution in [0.25, 0.3) is 0 Å². The third kappa shape index (κ3) is 3.90. The van der Waals surface area contributed by atoms with Gasteiger partial charge in [0.15, 0.2) is 0 Å². The summed E-state index contributed by atoms with van der Waals surface area (Å²) in [6.45, 7) is 3.37. The average molecular weight is 173 g/mol. The normalized spacial score (nSPS) is 8.50. The van der Waals surface area contributed by atoms with Crippen LogP contribution in [0.2, 0.25) is 0 Å². The Balaban J connectivity index is 0.00000121. The van der Waals surface area contributed by atoms with E-state index in [9.17, 15) is 4.79 Å². The van der Waals surface area contributed by atoms with Crippen LogP contribution in [0.1, 0.15) is 12.5 Å². The molecule has 0 N–H and O–H groups in total. The van der Waals surface area contributed by atoms with Crippen molar-refractivity contribution in [1.29, 1.82) is 0 Å². The van der Waals surface area contributed by atoms with E-state index in [1.165, 1.54) is 6.92 Å². The van der Waals surface area contributed by atoms with Gasteiger partial charge in [-0.05, 0) is 19.1 Å². The van der Waals surface area contributed by atoms with E-state index in [2.05, 4.69) is 0 Å². The van der Waals surface area contributed by atoms with Gasteiger partial charge in [-0.1, -0.05) is 17.7 Å². The van der Waals surface area contributed by atoms with Gasteiger partial charge in [0.25, 0.3) is 0 Å². The summed E-state index contributed by atoms with van der Waals surface area (Å²) in [7, 11) is 0. The van der Waals surface area contributed by atoms with Crippen LogP contribution in [0, 0.1) is 6.92 Å². The minimum absolute atomic E-state index is 0. The van der Waals surface area contributed by atoms with Gasteiger partial charge in [0.2, 0.25) is 0 Å². The molecule has 0 spiro atoms. The second kappa shape index (κ2) is 5.36. The maximum absolute atomic E-state index is 10.5. The van der Waals surface area contributed by atoms with E-state index < -0.39 is 0 Å². The molecule has 0 heterocycles. The first-order chi connectivity index (χ1) is 5.18. The molecule has 0 aliphatic carbocycles. The number of ether oxygens (including phenoxy) is 1. The minimum atomic E-state index is -0.283. The second-order valence-electron chi connectivity index (χ2n) is 2.41. The van der Waals surface area contributed by atoms with Gasteiger partial charge in [-0.15, -0.1) is 0 Å². The molecule has 0 fully saturated rings. The first-order valence-electron chi connectivity index (χ1n) is 3.43. The van der Waals surface area contributed by atoms with Gasteiger partial charge in [-0.25, -0.2) is 0 Å². The van der Waals surface area contributed by atoms with Crippen molar-refractivity contribution in [2.75, 3.05) is 0 Å². The van der Waals surface area contributed by atoms with Gasteiger partial charge in [0, 0.05) is 36.5 Å². The molecule has 0 aliphatic rings. The van der Waals surface area contributed by atoms with Crippen molar-refractivity contribution < 1.29 is 9.53 Å². The number of esters is 1. The molecular formula is C9H10NaO2.